The van der Waals surface area contributed by atoms with Gasteiger partial charge in [0.1, 0.15) is 0 Å². The van der Waals surface area contributed by atoms with Crippen molar-refractivity contribution in [2.24, 2.45) is 0 Å². The molecule has 1 saturated heterocycles. The number of hydrogen-bond acceptors (Lipinski definition) is 3. The van der Waals surface area contributed by atoms with Crippen LogP contribution in [0, 0.1) is 0 Å². The first-order chi connectivity index (χ1) is 10.7. The molecule has 1 N–H and O–H groups in total. The molecule has 0 bridgehead atoms. The first-order valence-corrected chi connectivity index (χ1v) is 9.41. The molecule has 0 unspecified atom stereocenters. The molecule has 1 fully saturated rings. The third-order valence-electron chi connectivity index (χ3n) is 4.60. The Kier molecular flexibility index (Phi) is 11.4. The van der Waals surface area contributed by atoms with Crippen LogP contribution in [0.25, 0.3) is 0 Å². The molecule has 4 heteroatoms. The van der Waals surface area contributed by atoms with Gasteiger partial charge in [0.15, 0.2) is 0 Å². The van der Waals surface area contributed by atoms with E-state index >= 15 is 0 Å². The SMILES string of the molecule is CCNCCCCCCCCCCC(=O)N1CCN(C)CC1. The fraction of sp³-hybridized carbons (Fsp3) is 0.944. The third-order valence-corrected chi connectivity index (χ3v) is 4.60. The van der Waals surface area contributed by atoms with Crippen molar-refractivity contribution in [1.29, 1.82) is 0 Å². The molecular formula is C18H37N3O. The largest absolute Gasteiger partial charge is 0.340 e. The molecule has 1 rings (SSSR count). The molecule has 0 saturated carbocycles. The van der Waals surface area contributed by atoms with Gasteiger partial charge in [0, 0.05) is 32.6 Å². The van der Waals surface area contributed by atoms with Gasteiger partial charge in [0.25, 0.3) is 0 Å². The first-order valence-electron chi connectivity index (χ1n) is 9.41. The summed E-state index contributed by atoms with van der Waals surface area (Å²) >= 11 is 0. The minimum Gasteiger partial charge on any atom is -0.340 e. The summed E-state index contributed by atoms with van der Waals surface area (Å²) in [4.78, 5) is 16.4. The Labute approximate surface area is 137 Å². The Morgan fingerprint density at radius 1 is 0.864 bits per heavy atom. The molecule has 1 heterocycles. The molecule has 130 valence electrons. The number of carbonyl (C=O) groups excluding carboxylic acids is 1. The van der Waals surface area contributed by atoms with Gasteiger partial charge < -0.3 is 15.1 Å². The zero-order valence-electron chi connectivity index (χ0n) is 14.9. The molecule has 0 atom stereocenters. The van der Waals surface area contributed by atoms with E-state index in [1.807, 2.05) is 4.90 Å². The Hall–Kier alpha value is -0.610. The summed E-state index contributed by atoms with van der Waals surface area (Å²) in [5, 5.41) is 3.37. The number of likely N-dealkylation sites (N-methyl/N-ethyl adjacent to an activating group) is 1. The van der Waals surface area contributed by atoms with Gasteiger partial charge in [-0.3, -0.25) is 4.79 Å². The molecule has 22 heavy (non-hydrogen) atoms. The van der Waals surface area contributed by atoms with Crippen molar-refractivity contribution in [3.8, 4) is 0 Å². The Balaban J connectivity index is 1.84. The Morgan fingerprint density at radius 3 is 2.00 bits per heavy atom. The zero-order valence-corrected chi connectivity index (χ0v) is 14.9. The smallest absolute Gasteiger partial charge is 0.222 e. The van der Waals surface area contributed by atoms with Crippen LogP contribution in [0.1, 0.15) is 64.7 Å². The number of nitrogens with one attached hydrogen (secondary N) is 1. The van der Waals surface area contributed by atoms with Crippen LogP contribution in [-0.2, 0) is 4.79 Å². The van der Waals surface area contributed by atoms with E-state index in [1.54, 1.807) is 0 Å². The fourth-order valence-electron chi connectivity index (χ4n) is 2.98. The molecule has 0 aromatic carbocycles. The quantitative estimate of drug-likeness (QED) is 0.563. The maximum Gasteiger partial charge on any atom is 0.222 e. The molecule has 4 nitrogen and oxygen atoms in total. The lowest BCUT2D eigenvalue weighted by Crippen LogP contribution is -2.47. The van der Waals surface area contributed by atoms with E-state index in [1.165, 1.54) is 51.5 Å². The predicted octanol–water partition coefficient (Wildman–Crippen LogP) is 2.88. The lowest BCUT2D eigenvalue weighted by atomic mass is 10.1. The van der Waals surface area contributed by atoms with Crippen LogP contribution in [-0.4, -0.2) is 62.0 Å². The normalized spacial score (nSPS) is 16.2. The van der Waals surface area contributed by atoms with Crippen LogP contribution < -0.4 is 5.32 Å². The van der Waals surface area contributed by atoms with Gasteiger partial charge in [-0.2, -0.15) is 0 Å². The van der Waals surface area contributed by atoms with Crippen LogP contribution in [0.15, 0.2) is 0 Å². The number of carbonyl (C=O) groups is 1. The van der Waals surface area contributed by atoms with E-state index in [4.69, 9.17) is 0 Å². The molecule has 1 amide bonds. The zero-order chi connectivity index (χ0) is 16.0. The van der Waals surface area contributed by atoms with E-state index in [-0.39, 0.29) is 0 Å². The van der Waals surface area contributed by atoms with Crippen molar-refractivity contribution in [3.63, 3.8) is 0 Å². The number of amides is 1. The van der Waals surface area contributed by atoms with Crippen LogP contribution in [0.4, 0.5) is 0 Å². The monoisotopic (exact) mass is 311 g/mol. The van der Waals surface area contributed by atoms with Crippen molar-refractivity contribution >= 4 is 5.91 Å². The Bertz CT molecular complexity index is 276. The second kappa shape index (κ2) is 12.9. The summed E-state index contributed by atoms with van der Waals surface area (Å²) in [5.74, 6) is 0.372. The predicted molar refractivity (Wildman–Crippen MR) is 94.2 cm³/mol. The van der Waals surface area contributed by atoms with Gasteiger partial charge in [-0.1, -0.05) is 45.4 Å². The van der Waals surface area contributed by atoms with Crippen molar-refractivity contribution in [1.82, 2.24) is 15.1 Å². The highest BCUT2D eigenvalue weighted by Gasteiger charge is 2.17. The summed E-state index contributed by atoms with van der Waals surface area (Å²) in [6.07, 6.45) is 11.1. The lowest BCUT2D eigenvalue weighted by Gasteiger charge is -2.32. The third kappa shape index (κ3) is 9.42. The fourth-order valence-corrected chi connectivity index (χ4v) is 2.98. The number of rotatable bonds is 12. The first kappa shape index (κ1) is 19.4. The summed E-state index contributed by atoms with van der Waals surface area (Å²) in [6.45, 7) is 8.32. The molecule has 0 spiro atoms. The number of nitrogens with zero attached hydrogens (tertiary/aromatic N) is 2. The molecular weight excluding hydrogens is 274 g/mol. The second-order valence-corrected chi connectivity index (χ2v) is 6.62. The van der Waals surface area contributed by atoms with Crippen LogP contribution in [0.3, 0.4) is 0 Å². The molecule has 0 aromatic heterocycles. The minimum absolute atomic E-state index is 0.372. The molecule has 0 aliphatic carbocycles. The van der Waals surface area contributed by atoms with Gasteiger partial charge >= 0.3 is 0 Å². The maximum atomic E-state index is 12.1. The van der Waals surface area contributed by atoms with Gasteiger partial charge in [0.2, 0.25) is 5.91 Å². The summed E-state index contributed by atoms with van der Waals surface area (Å²) in [6, 6.07) is 0. The highest BCUT2D eigenvalue weighted by Crippen LogP contribution is 2.11. The summed E-state index contributed by atoms with van der Waals surface area (Å²) < 4.78 is 0. The lowest BCUT2D eigenvalue weighted by molar-refractivity contribution is -0.132. The highest BCUT2D eigenvalue weighted by molar-refractivity contribution is 5.76. The number of hydrogen-bond donors (Lipinski definition) is 1. The number of piperazine rings is 1. The van der Waals surface area contributed by atoms with Crippen molar-refractivity contribution < 1.29 is 4.79 Å². The maximum absolute atomic E-state index is 12.1. The van der Waals surface area contributed by atoms with Crippen LogP contribution in [0.5, 0.6) is 0 Å². The van der Waals surface area contributed by atoms with Gasteiger partial charge in [-0.15, -0.1) is 0 Å². The molecule has 1 aliphatic heterocycles. The summed E-state index contributed by atoms with van der Waals surface area (Å²) in [5.41, 5.74) is 0. The summed E-state index contributed by atoms with van der Waals surface area (Å²) in [7, 11) is 2.13. The molecule has 0 aromatic rings. The van der Waals surface area contributed by atoms with Gasteiger partial charge in [-0.05, 0) is 33.0 Å². The average molecular weight is 312 g/mol. The van der Waals surface area contributed by atoms with Gasteiger partial charge in [-0.25, -0.2) is 0 Å². The van der Waals surface area contributed by atoms with E-state index in [2.05, 4.69) is 24.2 Å². The van der Waals surface area contributed by atoms with Crippen molar-refractivity contribution in [3.05, 3.63) is 0 Å². The highest BCUT2D eigenvalue weighted by atomic mass is 16.2. The molecule has 1 aliphatic rings. The standard InChI is InChI=1S/C18H37N3O/c1-3-19-13-11-9-7-5-4-6-8-10-12-18(22)21-16-14-20(2)15-17-21/h19H,3-17H2,1-2H3. The molecule has 0 radical (unpaired) electrons. The van der Waals surface area contributed by atoms with Gasteiger partial charge in [0.05, 0.1) is 0 Å². The van der Waals surface area contributed by atoms with Crippen molar-refractivity contribution in [2.75, 3.05) is 46.3 Å². The minimum atomic E-state index is 0.372. The average Bonchev–Trinajstić information content (AvgIpc) is 2.53. The van der Waals surface area contributed by atoms with E-state index < -0.39 is 0 Å². The van der Waals surface area contributed by atoms with E-state index in [0.717, 1.165) is 45.6 Å². The Morgan fingerprint density at radius 2 is 1.41 bits per heavy atom. The topological polar surface area (TPSA) is 35.6 Å². The van der Waals surface area contributed by atoms with Crippen molar-refractivity contribution in [2.45, 2.75) is 64.7 Å². The van der Waals surface area contributed by atoms with Crippen LogP contribution >= 0.6 is 0 Å². The van der Waals surface area contributed by atoms with Crippen LogP contribution in [0.2, 0.25) is 0 Å². The second-order valence-electron chi connectivity index (χ2n) is 6.62. The van der Waals surface area contributed by atoms with E-state index in [0.29, 0.717) is 5.91 Å². The number of unbranched alkanes of at least 4 members (excludes halogenated alkanes) is 7. The van der Waals surface area contributed by atoms with E-state index in [9.17, 15) is 4.79 Å².